The van der Waals surface area contributed by atoms with E-state index in [-0.39, 0.29) is 6.03 Å². The van der Waals surface area contributed by atoms with Crippen molar-refractivity contribution in [3.63, 3.8) is 0 Å². The van der Waals surface area contributed by atoms with Gasteiger partial charge in [0.1, 0.15) is 0 Å². The lowest BCUT2D eigenvalue weighted by molar-refractivity contribution is 0.195. The Morgan fingerprint density at radius 1 is 1.21 bits per heavy atom. The third-order valence-corrected chi connectivity index (χ3v) is 7.72. The van der Waals surface area contributed by atoms with Crippen molar-refractivity contribution >= 4 is 17.2 Å². The maximum Gasteiger partial charge on any atom is 0.317 e. The fourth-order valence-electron chi connectivity index (χ4n) is 5.62. The number of fused-ring (bicyclic) bond motifs is 1. The molecule has 2 fully saturated rings. The summed E-state index contributed by atoms with van der Waals surface area (Å²) in [4.78, 5) is 19.0. The zero-order valence-electron chi connectivity index (χ0n) is 20.8. The predicted octanol–water partition coefficient (Wildman–Crippen LogP) is 3.89. The smallest absolute Gasteiger partial charge is 0.317 e. The molecule has 0 saturated carbocycles. The summed E-state index contributed by atoms with van der Waals surface area (Å²) in [6, 6.07) is 5.09. The third-order valence-electron chi connectivity index (χ3n) is 7.72. The number of carbonyl (C=O) groups is 1. The summed E-state index contributed by atoms with van der Waals surface area (Å²) >= 11 is 0. The Kier molecular flexibility index (Phi) is 6.63. The van der Waals surface area contributed by atoms with Crippen molar-refractivity contribution in [1.82, 2.24) is 24.7 Å². The van der Waals surface area contributed by atoms with Crippen molar-refractivity contribution in [2.45, 2.75) is 45.6 Å². The molecule has 0 spiro atoms. The Hall–Kier alpha value is -2.80. The summed E-state index contributed by atoms with van der Waals surface area (Å²) < 4.78 is 2.02. The molecule has 182 valence electrons. The predicted molar refractivity (Wildman–Crippen MR) is 137 cm³/mol. The van der Waals surface area contributed by atoms with Crippen LogP contribution in [0.1, 0.15) is 45.1 Å². The Bertz CT molecular complexity index is 1080. The summed E-state index contributed by atoms with van der Waals surface area (Å²) in [7, 11) is 0. The SMILES string of the molecule is CCNC(=O)N1CCN(c2ccnn3cc(C4C=CC([C@H]5CCN(C(C)C)C5)=CC4)cc23)CC1. The molecule has 2 saturated heterocycles. The van der Waals surface area contributed by atoms with E-state index in [4.69, 9.17) is 0 Å². The molecule has 0 radical (unpaired) electrons. The number of nitrogens with one attached hydrogen (secondary N) is 1. The molecule has 4 heterocycles. The van der Waals surface area contributed by atoms with E-state index < -0.39 is 0 Å². The molecular formula is C27H38N6O. The van der Waals surface area contributed by atoms with E-state index in [0.717, 1.165) is 38.1 Å². The molecule has 7 nitrogen and oxygen atoms in total. The van der Waals surface area contributed by atoms with Crippen LogP contribution < -0.4 is 10.2 Å². The van der Waals surface area contributed by atoms with Gasteiger partial charge in [0.25, 0.3) is 0 Å². The summed E-state index contributed by atoms with van der Waals surface area (Å²) in [6.45, 7) is 12.8. The molecular weight excluding hydrogens is 424 g/mol. The molecule has 0 bridgehead atoms. The number of anilines is 1. The Labute approximate surface area is 203 Å². The number of hydrogen-bond donors (Lipinski definition) is 1. The highest BCUT2D eigenvalue weighted by atomic mass is 16.2. The first-order valence-corrected chi connectivity index (χ1v) is 12.9. The minimum atomic E-state index is 0.0398. The van der Waals surface area contributed by atoms with Crippen LogP contribution in [0, 0.1) is 5.92 Å². The van der Waals surface area contributed by atoms with E-state index >= 15 is 0 Å². The summed E-state index contributed by atoms with van der Waals surface area (Å²) in [5.74, 6) is 1.08. The molecule has 2 aromatic rings. The van der Waals surface area contributed by atoms with Crippen molar-refractivity contribution in [3.8, 4) is 0 Å². The fourth-order valence-corrected chi connectivity index (χ4v) is 5.62. The Morgan fingerprint density at radius 2 is 2.03 bits per heavy atom. The van der Waals surface area contributed by atoms with Gasteiger partial charge in [-0.2, -0.15) is 5.10 Å². The molecule has 1 unspecified atom stereocenters. The van der Waals surface area contributed by atoms with Gasteiger partial charge in [-0.05, 0) is 69.3 Å². The lowest BCUT2D eigenvalue weighted by Gasteiger charge is -2.36. The number of urea groups is 1. The van der Waals surface area contributed by atoms with E-state index in [1.54, 1.807) is 0 Å². The Balaban J connectivity index is 1.26. The fraction of sp³-hybridized carbons (Fsp3) is 0.556. The molecule has 2 aliphatic heterocycles. The van der Waals surface area contributed by atoms with Crippen LogP contribution in [0.25, 0.3) is 5.52 Å². The van der Waals surface area contributed by atoms with Crippen LogP contribution >= 0.6 is 0 Å². The summed E-state index contributed by atoms with van der Waals surface area (Å²) in [6.07, 6.45) is 13.6. The molecule has 2 atom stereocenters. The monoisotopic (exact) mass is 462 g/mol. The lowest BCUT2D eigenvalue weighted by Crippen LogP contribution is -2.51. The second kappa shape index (κ2) is 9.82. The van der Waals surface area contributed by atoms with Gasteiger partial charge in [0.15, 0.2) is 0 Å². The van der Waals surface area contributed by atoms with E-state index in [2.05, 4.69) is 70.6 Å². The molecule has 3 aliphatic rings. The minimum Gasteiger partial charge on any atom is -0.366 e. The van der Waals surface area contributed by atoms with Gasteiger partial charge in [0.2, 0.25) is 0 Å². The summed E-state index contributed by atoms with van der Waals surface area (Å²) in [5.41, 5.74) is 5.19. The molecule has 2 aromatic heterocycles. The number of aromatic nitrogens is 2. The zero-order chi connectivity index (χ0) is 23.7. The Morgan fingerprint density at radius 3 is 2.71 bits per heavy atom. The standard InChI is InChI=1S/C27H38N6O/c1-4-28-27(34)31-15-13-30(14-16-31)25-9-11-29-33-19-24(17-26(25)33)22-7-5-21(6-8-22)23-10-12-32(18-23)20(2)3/h5-7,9,11,17,19-20,22-23H,4,8,10,12-16,18H2,1-3H3,(H,28,34)/t22?,23-/m0/s1. The normalized spacial score (nSPS) is 23.7. The molecule has 1 N–H and O–H groups in total. The van der Waals surface area contributed by atoms with Crippen LogP contribution in [0.2, 0.25) is 0 Å². The molecule has 1 aliphatic carbocycles. The largest absolute Gasteiger partial charge is 0.366 e. The third kappa shape index (κ3) is 4.58. The van der Waals surface area contributed by atoms with Gasteiger partial charge in [-0.1, -0.05) is 18.2 Å². The van der Waals surface area contributed by atoms with Gasteiger partial charge in [0, 0.05) is 63.6 Å². The molecule has 2 amide bonds. The number of likely N-dealkylation sites (tertiary alicyclic amines) is 1. The maximum atomic E-state index is 12.2. The second-order valence-electron chi connectivity index (χ2n) is 10.1. The number of hydrogen-bond acceptors (Lipinski definition) is 4. The van der Waals surface area contributed by atoms with Crippen LogP contribution in [-0.2, 0) is 0 Å². The average molecular weight is 463 g/mol. The van der Waals surface area contributed by atoms with Gasteiger partial charge in [-0.15, -0.1) is 0 Å². The van der Waals surface area contributed by atoms with Crippen molar-refractivity contribution < 1.29 is 4.79 Å². The lowest BCUT2D eigenvalue weighted by atomic mass is 9.86. The van der Waals surface area contributed by atoms with Crippen molar-refractivity contribution in [3.05, 3.63) is 53.9 Å². The highest BCUT2D eigenvalue weighted by Crippen LogP contribution is 2.35. The van der Waals surface area contributed by atoms with E-state index in [1.807, 2.05) is 22.5 Å². The number of nitrogens with zero attached hydrogens (tertiary/aromatic N) is 5. The number of allylic oxidation sites excluding steroid dienone is 3. The first kappa shape index (κ1) is 23.0. The highest BCUT2D eigenvalue weighted by Gasteiger charge is 2.28. The maximum absolute atomic E-state index is 12.2. The van der Waals surface area contributed by atoms with Crippen molar-refractivity contribution in [1.29, 1.82) is 0 Å². The van der Waals surface area contributed by atoms with Crippen LogP contribution in [0.4, 0.5) is 10.5 Å². The zero-order valence-corrected chi connectivity index (χ0v) is 20.8. The van der Waals surface area contributed by atoms with Gasteiger partial charge in [-0.25, -0.2) is 9.31 Å². The van der Waals surface area contributed by atoms with Crippen LogP contribution in [0.3, 0.4) is 0 Å². The van der Waals surface area contributed by atoms with Gasteiger partial charge >= 0.3 is 6.03 Å². The van der Waals surface area contributed by atoms with Crippen molar-refractivity contribution in [2.75, 3.05) is 50.7 Å². The molecule has 34 heavy (non-hydrogen) atoms. The van der Waals surface area contributed by atoms with Gasteiger partial charge < -0.3 is 20.0 Å². The van der Waals surface area contributed by atoms with Crippen molar-refractivity contribution in [2.24, 2.45) is 5.92 Å². The number of piperazine rings is 1. The highest BCUT2D eigenvalue weighted by molar-refractivity contribution is 5.76. The number of amides is 2. The first-order chi connectivity index (χ1) is 16.5. The topological polar surface area (TPSA) is 56.1 Å². The summed E-state index contributed by atoms with van der Waals surface area (Å²) in [5, 5.41) is 7.50. The molecule has 5 rings (SSSR count). The van der Waals surface area contributed by atoms with Crippen LogP contribution in [-0.4, -0.2) is 77.3 Å². The number of rotatable bonds is 5. The number of carbonyl (C=O) groups excluding carboxylic acids is 1. The minimum absolute atomic E-state index is 0.0398. The average Bonchev–Trinajstić information content (AvgIpc) is 3.52. The second-order valence-corrected chi connectivity index (χ2v) is 10.1. The van der Waals surface area contributed by atoms with E-state index in [9.17, 15) is 4.79 Å². The quantitative estimate of drug-likeness (QED) is 0.733. The van der Waals surface area contributed by atoms with Crippen LogP contribution in [0.15, 0.2) is 48.3 Å². The molecule has 0 aromatic carbocycles. The van der Waals surface area contributed by atoms with E-state index in [0.29, 0.717) is 24.4 Å². The van der Waals surface area contributed by atoms with Gasteiger partial charge in [-0.3, -0.25) is 0 Å². The van der Waals surface area contributed by atoms with E-state index in [1.165, 1.54) is 36.3 Å². The van der Waals surface area contributed by atoms with Crippen LogP contribution in [0.5, 0.6) is 0 Å². The molecule has 7 heteroatoms. The van der Waals surface area contributed by atoms with Gasteiger partial charge in [0.05, 0.1) is 11.2 Å². The first-order valence-electron chi connectivity index (χ1n) is 12.9.